The van der Waals surface area contributed by atoms with Crippen LogP contribution in [0.2, 0.25) is 0 Å². The molecule has 4 N–H and O–H groups in total. The molecule has 1 aromatic carbocycles. The lowest BCUT2D eigenvalue weighted by atomic mass is 10.1. The first-order valence-corrected chi connectivity index (χ1v) is 11.9. The van der Waals surface area contributed by atoms with Crippen LogP contribution in [-0.2, 0) is 24.0 Å². The molecule has 2 saturated heterocycles. The fourth-order valence-electron chi connectivity index (χ4n) is 2.97. The third kappa shape index (κ3) is 4.40. The first-order valence-electron chi connectivity index (χ1n) is 7.90. The molecule has 0 aliphatic carbocycles. The molecular weight excluding hydrogens is 415 g/mol. The summed E-state index contributed by atoms with van der Waals surface area (Å²) in [6, 6.07) is 5.42. The Morgan fingerprint density at radius 2 is 1.81 bits per heavy atom. The van der Waals surface area contributed by atoms with Crippen molar-refractivity contribution >= 4 is 35.4 Å². The van der Waals surface area contributed by atoms with Gasteiger partial charge in [-0.2, -0.15) is 8.42 Å². The standard InChI is InChI=1S/C8H15N2O4PS.C7H8O3S/c1-8(2)7(15(12,13)14-3)10-5(11)4(9)6(10)16-8;1-6-2-4-7(5-3-6)11(8,9)10/h4,6-7H,9H2,1-3H3,(H,12,13);2-5H,1H3,(H,8,9,10)/t4?,6-,7?;/m0./s1. The Balaban J connectivity index is 0.000000208. The van der Waals surface area contributed by atoms with Crippen LogP contribution in [0.5, 0.6) is 0 Å². The highest BCUT2D eigenvalue weighted by atomic mass is 32.2. The Hall–Kier alpha value is -0.940. The number of hydrogen-bond donors (Lipinski definition) is 3. The van der Waals surface area contributed by atoms with Crippen molar-refractivity contribution in [2.45, 2.75) is 47.6 Å². The molecule has 0 aromatic heterocycles. The first kappa shape index (κ1) is 22.4. The quantitative estimate of drug-likeness (QED) is 0.362. The lowest BCUT2D eigenvalue weighted by Gasteiger charge is -2.43. The van der Waals surface area contributed by atoms with Crippen molar-refractivity contribution in [3.8, 4) is 0 Å². The maximum atomic E-state index is 11.9. The highest BCUT2D eigenvalue weighted by Crippen LogP contribution is 2.64. The van der Waals surface area contributed by atoms with Crippen LogP contribution in [0.3, 0.4) is 0 Å². The zero-order valence-electron chi connectivity index (χ0n) is 15.3. The average Bonchev–Trinajstić information content (AvgIpc) is 2.84. The Morgan fingerprint density at radius 3 is 2.26 bits per heavy atom. The molecule has 2 aliphatic heterocycles. The van der Waals surface area contributed by atoms with Gasteiger partial charge in [0.2, 0.25) is 5.91 Å². The Bertz CT molecular complexity index is 873. The third-order valence-electron chi connectivity index (χ3n) is 4.32. The van der Waals surface area contributed by atoms with Crippen LogP contribution in [0.1, 0.15) is 19.4 Å². The number of nitrogens with two attached hydrogens (primary N) is 1. The van der Waals surface area contributed by atoms with Crippen LogP contribution in [0, 0.1) is 6.92 Å². The van der Waals surface area contributed by atoms with E-state index in [1.54, 1.807) is 12.1 Å². The summed E-state index contributed by atoms with van der Waals surface area (Å²) in [6.07, 6.45) is 0. The fourth-order valence-corrected chi connectivity index (χ4v) is 7.14. The summed E-state index contributed by atoms with van der Waals surface area (Å²) in [7, 11) is -6.66. The SMILES string of the molecule is COP(=O)(O)C1N2C(=O)C(N)[C@@H]2SC1(C)C.Cc1ccc(S(=O)(=O)O)cc1. The van der Waals surface area contributed by atoms with Gasteiger partial charge < -0.3 is 20.1 Å². The smallest absolute Gasteiger partial charge is 0.323 e. The molecule has 27 heavy (non-hydrogen) atoms. The summed E-state index contributed by atoms with van der Waals surface area (Å²) in [5.41, 5.74) is 6.61. The van der Waals surface area contributed by atoms with Crippen LogP contribution >= 0.6 is 19.4 Å². The Morgan fingerprint density at radius 1 is 1.30 bits per heavy atom. The number of benzene rings is 1. The van der Waals surface area contributed by atoms with Crippen molar-refractivity contribution < 1.29 is 31.7 Å². The number of aryl methyl sites for hydroxylation is 1. The summed E-state index contributed by atoms with van der Waals surface area (Å²) in [5, 5.41) is -0.205. The molecule has 2 aliphatic rings. The molecular formula is C15H23N2O7PS2. The van der Waals surface area contributed by atoms with E-state index < -0.39 is 34.3 Å². The van der Waals surface area contributed by atoms with E-state index in [-0.39, 0.29) is 16.2 Å². The lowest BCUT2D eigenvalue weighted by Crippen LogP contribution is -2.67. The fraction of sp³-hybridized carbons (Fsp3) is 0.533. The number of nitrogens with zero attached hydrogens (tertiary/aromatic N) is 1. The Labute approximate surface area is 162 Å². The van der Waals surface area contributed by atoms with Gasteiger partial charge in [0.05, 0.1) is 4.90 Å². The van der Waals surface area contributed by atoms with Crippen LogP contribution < -0.4 is 5.73 Å². The number of carbonyl (C=O) groups excluding carboxylic acids is 1. The van der Waals surface area contributed by atoms with Crippen molar-refractivity contribution in [3.63, 3.8) is 0 Å². The molecule has 9 nitrogen and oxygen atoms in total. The van der Waals surface area contributed by atoms with Gasteiger partial charge in [-0.15, -0.1) is 11.8 Å². The lowest BCUT2D eigenvalue weighted by molar-refractivity contribution is -0.145. The van der Waals surface area contributed by atoms with E-state index in [1.165, 1.54) is 35.9 Å². The van der Waals surface area contributed by atoms with Crippen LogP contribution in [0.25, 0.3) is 0 Å². The minimum atomic E-state index is -4.02. The van der Waals surface area contributed by atoms with Crippen molar-refractivity contribution in [2.75, 3.05) is 7.11 Å². The van der Waals surface area contributed by atoms with Gasteiger partial charge in [-0.3, -0.25) is 13.9 Å². The van der Waals surface area contributed by atoms with Gasteiger partial charge in [0, 0.05) is 11.9 Å². The molecule has 12 heteroatoms. The minimum Gasteiger partial charge on any atom is -0.323 e. The third-order valence-corrected chi connectivity index (χ3v) is 8.99. The molecule has 3 rings (SSSR count). The highest BCUT2D eigenvalue weighted by molar-refractivity contribution is 8.02. The van der Waals surface area contributed by atoms with E-state index in [1.807, 2.05) is 20.8 Å². The summed E-state index contributed by atoms with van der Waals surface area (Å²) in [6.45, 7) is 5.48. The van der Waals surface area contributed by atoms with E-state index in [0.717, 1.165) is 5.56 Å². The zero-order chi connectivity index (χ0) is 20.8. The number of thioether (sulfide) groups is 1. The maximum Gasteiger partial charge on any atom is 0.351 e. The molecule has 2 heterocycles. The topological polar surface area (TPSA) is 147 Å². The number of hydrogen-bond acceptors (Lipinski definition) is 7. The molecule has 0 spiro atoms. The number of carbonyl (C=O) groups is 1. The van der Waals surface area contributed by atoms with Crippen LogP contribution in [-0.4, -0.2) is 57.7 Å². The highest BCUT2D eigenvalue weighted by Gasteiger charge is 2.65. The average molecular weight is 438 g/mol. The molecule has 2 fully saturated rings. The molecule has 3 unspecified atom stereocenters. The van der Waals surface area contributed by atoms with E-state index >= 15 is 0 Å². The normalized spacial score (nSPS) is 28.5. The number of amides is 1. The van der Waals surface area contributed by atoms with Crippen LogP contribution in [0.15, 0.2) is 29.2 Å². The second kappa shape index (κ2) is 7.47. The summed E-state index contributed by atoms with van der Waals surface area (Å²) in [5.74, 6) is -1.09. The summed E-state index contributed by atoms with van der Waals surface area (Å²) < 4.78 is 45.6. The van der Waals surface area contributed by atoms with E-state index in [2.05, 4.69) is 4.52 Å². The van der Waals surface area contributed by atoms with E-state index in [4.69, 9.17) is 10.3 Å². The first-order chi connectivity index (χ1) is 12.2. The second-order valence-electron chi connectivity index (χ2n) is 6.79. The van der Waals surface area contributed by atoms with E-state index in [9.17, 15) is 22.7 Å². The molecule has 152 valence electrons. The van der Waals surface area contributed by atoms with Gasteiger partial charge in [0.1, 0.15) is 17.2 Å². The summed E-state index contributed by atoms with van der Waals surface area (Å²) in [4.78, 5) is 22.7. The van der Waals surface area contributed by atoms with Crippen LogP contribution in [0.4, 0.5) is 0 Å². The summed E-state index contributed by atoms with van der Waals surface area (Å²) >= 11 is 1.45. The number of fused-ring (bicyclic) bond motifs is 1. The van der Waals surface area contributed by atoms with Crippen molar-refractivity contribution in [2.24, 2.45) is 5.73 Å². The molecule has 0 radical (unpaired) electrons. The monoisotopic (exact) mass is 438 g/mol. The van der Waals surface area contributed by atoms with Crippen molar-refractivity contribution in [1.82, 2.24) is 4.90 Å². The number of rotatable bonds is 3. The molecule has 1 aromatic rings. The van der Waals surface area contributed by atoms with Gasteiger partial charge in [0.15, 0.2) is 0 Å². The van der Waals surface area contributed by atoms with Crippen molar-refractivity contribution in [1.29, 1.82) is 0 Å². The van der Waals surface area contributed by atoms with E-state index in [0.29, 0.717) is 0 Å². The Kier molecular flexibility index (Phi) is 6.19. The van der Waals surface area contributed by atoms with Crippen molar-refractivity contribution in [3.05, 3.63) is 29.8 Å². The van der Waals surface area contributed by atoms with Gasteiger partial charge >= 0.3 is 7.60 Å². The zero-order valence-corrected chi connectivity index (χ0v) is 17.8. The maximum absolute atomic E-state index is 11.9. The van der Waals surface area contributed by atoms with Gasteiger partial charge in [-0.25, -0.2) is 0 Å². The number of β-lactam (4-membered cyclic amide) rings is 1. The predicted molar refractivity (Wildman–Crippen MR) is 102 cm³/mol. The van der Waals surface area contributed by atoms with Gasteiger partial charge in [-0.1, -0.05) is 17.7 Å². The van der Waals surface area contributed by atoms with Gasteiger partial charge in [-0.05, 0) is 32.9 Å². The molecule has 4 atom stereocenters. The molecule has 1 amide bonds. The minimum absolute atomic E-state index is 0.0666. The second-order valence-corrected chi connectivity index (χ2v) is 12.0. The largest absolute Gasteiger partial charge is 0.351 e. The molecule has 0 bridgehead atoms. The predicted octanol–water partition coefficient (Wildman–Crippen LogP) is 1.41. The molecule has 0 saturated carbocycles. The van der Waals surface area contributed by atoms with Gasteiger partial charge in [0.25, 0.3) is 10.1 Å².